The van der Waals surface area contributed by atoms with Crippen molar-refractivity contribution in [2.45, 2.75) is 38.1 Å². The Morgan fingerprint density at radius 2 is 2.23 bits per heavy atom. The maximum Gasteiger partial charge on any atom is 0.422 e. The number of morpholine rings is 1. The highest BCUT2D eigenvalue weighted by molar-refractivity contribution is 6.31. The number of alkyl halides is 3. The Kier molecular flexibility index (Phi) is 7.43. The lowest BCUT2D eigenvalue weighted by Gasteiger charge is -2.25. The molecule has 2 aromatic rings. The Bertz CT molecular complexity index is 1110. The van der Waals surface area contributed by atoms with Crippen molar-refractivity contribution in [1.29, 1.82) is 0 Å². The number of carbonyl (C=O) groups is 2. The molecule has 1 unspecified atom stereocenters. The molecule has 0 aliphatic carbocycles. The van der Waals surface area contributed by atoms with Crippen molar-refractivity contribution in [2.75, 3.05) is 31.7 Å². The number of rotatable bonds is 7. The van der Waals surface area contributed by atoms with Crippen molar-refractivity contribution in [3.05, 3.63) is 46.2 Å². The second kappa shape index (κ2) is 10.3. The molecule has 2 amide bonds. The maximum atomic E-state index is 13.1. The molecule has 35 heavy (non-hydrogen) atoms. The SMILES string of the molecule is CC(c1cnc(OCC(F)(F)F)c(Cl)c1)N1Cc2c(ccnc2NC(=O)C[C@H]2COCCN2)C1=O. The number of anilines is 1. The van der Waals surface area contributed by atoms with E-state index in [0.717, 1.165) is 0 Å². The Hall–Kier alpha value is -2.96. The van der Waals surface area contributed by atoms with Gasteiger partial charge < -0.3 is 25.0 Å². The number of hydrogen-bond acceptors (Lipinski definition) is 7. The summed E-state index contributed by atoms with van der Waals surface area (Å²) in [7, 11) is 0. The molecule has 13 heteroatoms. The second-order valence-corrected chi connectivity index (χ2v) is 8.64. The van der Waals surface area contributed by atoms with Crippen LogP contribution >= 0.6 is 11.6 Å². The monoisotopic (exact) mass is 513 g/mol. The lowest BCUT2D eigenvalue weighted by molar-refractivity contribution is -0.154. The van der Waals surface area contributed by atoms with Crippen LogP contribution in [0.25, 0.3) is 0 Å². The van der Waals surface area contributed by atoms with Crippen molar-refractivity contribution < 1.29 is 32.2 Å². The highest BCUT2D eigenvalue weighted by Crippen LogP contribution is 2.35. The van der Waals surface area contributed by atoms with Gasteiger partial charge in [0, 0.05) is 42.5 Å². The van der Waals surface area contributed by atoms with E-state index < -0.39 is 18.8 Å². The van der Waals surface area contributed by atoms with Crippen LogP contribution in [0.3, 0.4) is 0 Å². The summed E-state index contributed by atoms with van der Waals surface area (Å²) in [6, 6.07) is 2.39. The van der Waals surface area contributed by atoms with E-state index in [1.165, 1.54) is 18.5 Å². The zero-order chi connectivity index (χ0) is 25.2. The minimum absolute atomic E-state index is 0.0982. The Balaban J connectivity index is 1.45. The van der Waals surface area contributed by atoms with Crippen LogP contribution in [0.15, 0.2) is 24.5 Å². The third-order valence-electron chi connectivity index (χ3n) is 5.71. The van der Waals surface area contributed by atoms with Crippen molar-refractivity contribution in [2.24, 2.45) is 0 Å². The first-order valence-electron chi connectivity index (χ1n) is 10.9. The van der Waals surface area contributed by atoms with Gasteiger partial charge in [-0.1, -0.05) is 11.6 Å². The molecule has 2 N–H and O–H groups in total. The standard InChI is InChI=1S/C22H23ClF3N5O4/c1-12(13-6-17(23)20(29-8-13)35-11-22(24,25)26)31-9-16-15(21(31)33)2-3-28-19(16)30-18(32)7-14-10-34-5-4-27-14/h2-3,6,8,12,14,27H,4-5,7,9-11H2,1H3,(H,28,30,32)/t12?,14-/m0/s1. The third-order valence-corrected chi connectivity index (χ3v) is 5.99. The Morgan fingerprint density at radius 1 is 1.43 bits per heavy atom. The molecule has 0 saturated carbocycles. The molecule has 2 aromatic heterocycles. The van der Waals surface area contributed by atoms with Gasteiger partial charge in [0.15, 0.2) is 6.61 Å². The molecular weight excluding hydrogens is 491 g/mol. The van der Waals surface area contributed by atoms with Crippen molar-refractivity contribution >= 4 is 29.2 Å². The second-order valence-electron chi connectivity index (χ2n) is 8.23. The van der Waals surface area contributed by atoms with Crippen LogP contribution in [-0.2, 0) is 16.1 Å². The number of ether oxygens (including phenoxy) is 2. The number of halogens is 4. The fourth-order valence-electron chi connectivity index (χ4n) is 3.93. The average molecular weight is 514 g/mol. The summed E-state index contributed by atoms with van der Waals surface area (Å²) in [4.78, 5) is 35.3. The number of hydrogen-bond donors (Lipinski definition) is 2. The summed E-state index contributed by atoms with van der Waals surface area (Å²) in [5.74, 6) is -0.568. The fourth-order valence-corrected chi connectivity index (χ4v) is 4.16. The predicted molar refractivity (Wildman–Crippen MR) is 119 cm³/mol. The third kappa shape index (κ3) is 6.00. The highest BCUT2D eigenvalue weighted by Gasteiger charge is 2.35. The Labute approximate surface area is 204 Å². The summed E-state index contributed by atoms with van der Waals surface area (Å²) in [6.07, 6.45) is -1.55. The van der Waals surface area contributed by atoms with Gasteiger partial charge in [-0.3, -0.25) is 9.59 Å². The van der Waals surface area contributed by atoms with Gasteiger partial charge in [0.1, 0.15) is 10.8 Å². The first-order chi connectivity index (χ1) is 16.6. The van der Waals surface area contributed by atoms with Crippen LogP contribution in [0, 0.1) is 0 Å². The van der Waals surface area contributed by atoms with Crippen molar-refractivity contribution in [1.82, 2.24) is 20.2 Å². The molecule has 1 saturated heterocycles. The molecule has 1 fully saturated rings. The molecule has 2 aliphatic rings. The summed E-state index contributed by atoms with van der Waals surface area (Å²) in [5.41, 5.74) is 1.50. The van der Waals surface area contributed by atoms with Crippen LogP contribution in [0.2, 0.25) is 5.02 Å². The van der Waals surface area contributed by atoms with Gasteiger partial charge in [0.2, 0.25) is 11.8 Å². The molecule has 0 aromatic carbocycles. The molecule has 0 spiro atoms. The number of nitrogens with zero attached hydrogens (tertiary/aromatic N) is 3. The van der Waals surface area contributed by atoms with Gasteiger partial charge in [-0.25, -0.2) is 9.97 Å². The lowest BCUT2D eigenvalue weighted by atomic mass is 10.1. The summed E-state index contributed by atoms with van der Waals surface area (Å²) in [6.45, 7) is 2.12. The van der Waals surface area contributed by atoms with E-state index in [0.29, 0.717) is 42.3 Å². The van der Waals surface area contributed by atoms with Crippen molar-refractivity contribution in [3.63, 3.8) is 0 Å². The van der Waals surface area contributed by atoms with Crippen LogP contribution in [0.4, 0.5) is 19.0 Å². The predicted octanol–water partition coefficient (Wildman–Crippen LogP) is 3.11. The van der Waals surface area contributed by atoms with Crippen LogP contribution in [-0.4, -0.2) is 65.3 Å². The number of aromatic nitrogens is 2. The fraction of sp³-hybridized carbons (Fsp3) is 0.455. The van der Waals surface area contributed by atoms with Crippen LogP contribution in [0.5, 0.6) is 5.88 Å². The normalized spacial score (nSPS) is 18.8. The first-order valence-corrected chi connectivity index (χ1v) is 11.2. The van der Waals surface area contributed by atoms with Gasteiger partial charge >= 0.3 is 6.18 Å². The maximum absolute atomic E-state index is 13.1. The topological polar surface area (TPSA) is 106 Å². The van der Waals surface area contributed by atoms with Gasteiger partial charge in [-0.15, -0.1) is 0 Å². The smallest absolute Gasteiger partial charge is 0.422 e. The molecule has 188 valence electrons. The van der Waals surface area contributed by atoms with E-state index >= 15 is 0 Å². The number of nitrogens with one attached hydrogen (secondary N) is 2. The number of pyridine rings is 2. The lowest BCUT2D eigenvalue weighted by Crippen LogP contribution is -2.43. The zero-order valence-corrected chi connectivity index (χ0v) is 19.4. The largest absolute Gasteiger partial charge is 0.467 e. The van der Waals surface area contributed by atoms with Gasteiger partial charge in [0.25, 0.3) is 5.91 Å². The molecule has 2 atom stereocenters. The van der Waals surface area contributed by atoms with E-state index in [9.17, 15) is 22.8 Å². The average Bonchev–Trinajstić information content (AvgIpc) is 3.15. The minimum atomic E-state index is -4.52. The van der Waals surface area contributed by atoms with Gasteiger partial charge in [0.05, 0.1) is 25.8 Å². The minimum Gasteiger partial charge on any atom is -0.467 e. The highest BCUT2D eigenvalue weighted by atomic mass is 35.5. The molecule has 2 aliphatic heterocycles. The zero-order valence-electron chi connectivity index (χ0n) is 18.7. The van der Waals surface area contributed by atoms with E-state index in [1.807, 2.05) is 0 Å². The van der Waals surface area contributed by atoms with E-state index in [1.54, 1.807) is 17.9 Å². The first kappa shape index (κ1) is 25.1. The van der Waals surface area contributed by atoms with E-state index in [2.05, 4.69) is 25.3 Å². The van der Waals surface area contributed by atoms with Crippen LogP contribution < -0.4 is 15.4 Å². The molecule has 4 heterocycles. The van der Waals surface area contributed by atoms with Crippen molar-refractivity contribution in [3.8, 4) is 5.88 Å². The molecular formula is C22H23ClF3N5O4. The quantitative estimate of drug-likeness (QED) is 0.586. The van der Waals surface area contributed by atoms with Gasteiger partial charge in [-0.2, -0.15) is 13.2 Å². The number of carbonyl (C=O) groups excluding carboxylic acids is 2. The number of fused-ring (bicyclic) bond motifs is 1. The molecule has 9 nitrogen and oxygen atoms in total. The van der Waals surface area contributed by atoms with E-state index in [4.69, 9.17) is 16.3 Å². The molecule has 0 bridgehead atoms. The Morgan fingerprint density at radius 3 is 2.91 bits per heavy atom. The summed E-state index contributed by atoms with van der Waals surface area (Å²) >= 11 is 6.07. The summed E-state index contributed by atoms with van der Waals surface area (Å²) in [5, 5.41) is 5.90. The molecule has 4 rings (SSSR count). The van der Waals surface area contributed by atoms with Gasteiger partial charge in [-0.05, 0) is 24.6 Å². The number of amides is 2. The van der Waals surface area contributed by atoms with E-state index in [-0.39, 0.29) is 41.7 Å². The van der Waals surface area contributed by atoms with Crippen LogP contribution in [0.1, 0.15) is 40.9 Å². The summed E-state index contributed by atoms with van der Waals surface area (Å²) < 4.78 is 47.2. The molecule has 0 radical (unpaired) electrons.